The zero-order chi connectivity index (χ0) is 17.8. The van der Waals surface area contributed by atoms with E-state index in [1.807, 2.05) is 4.90 Å². The third kappa shape index (κ3) is 2.43. The van der Waals surface area contributed by atoms with E-state index in [-0.39, 0.29) is 11.7 Å². The molecular weight excluding hydrogens is 348 g/mol. The predicted octanol–water partition coefficient (Wildman–Crippen LogP) is 2.17. The highest BCUT2D eigenvalue weighted by Crippen LogP contribution is 2.42. The van der Waals surface area contributed by atoms with Crippen LogP contribution in [0.25, 0.3) is 15.9 Å². The second kappa shape index (κ2) is 5.99. The van der Waals surface area contributed by atoms with Gasteiger partial charge in [0.25, 0.3) is 5.91 Å². The minimum Gasteiger partial charge on any atom is -0.333 e. The Morgan fingerprint density at radius 2 is 2.08 bits per heavy atom. The molecule has 4 heterocycles. The SMILES string of the molecule is C[C@H]1CCCc2sc3ncn4nc(C(=O)N5CCN(C)CC5)nc4c3c21. The molecule has 0 unspecified atom stereocenters. The van der Waals surface area contributed by atoms with E-state index in [1.54, 1.807) is 22.2 Å². The van der Waals surface area contributed by atoms with Crippen LogP contribution in [0.3, 0.4) is 0 Å². The summed E-state index contributed by atoms with van der Waals surface area (Å²) >= 11 is 1.77. The van der Waals surface area contributed by atoms with Crippen LogP contribution in [0.5, 0.6) is 0 Å². The number of likely N-dealkylation sites (N-methyl/N-ethyl adjacent to an activating group) is 1. The highest BCUT2D eigenvalue weighted by molar-refractivity contribution is 7.19. The number of fused-ring (bicyclic) bond motifs is 5. The largest absolute Gasteiger partial charge is 0.333 e. The van der Waals surface area contributed by atoms with Crippen LogP contribution < -0.4 is 0 Å². The first-order valence-electron chi connectivity index (χ1n) is 9.26. The van der Waals surface area contributed by atoms with Crippen molar-refractivity contribution in [3.05, 3.63) is 22.6 Å². The van der Waals surface area contributed by atoms with E-state index in [1.165, 1.54) is 23.3 Å². The van der Waals surface area contributed by atoms with Gasteiger partial charge in [-0.05, 0) is 37.8 Å². The molecule has 1 fully saturated rings. The van der Waals surface area contributed by atoms with Gasteiger partial charge in [0.15, 0.2) is 5.65 Å². The number of hydrogen-bond acceptors (Lipinski definition) is 6. The Bertz CT molecular complexity index is 1000. The van der Waals surface area contributed by atoms with E-state index in [4.69, 9.17) is 0 Å². The molecule has 3 aromatic heterocycles. The fourth-order valence-corrected chi connectivity index (χ4v) is 5.42. The number of amides is 1. The van der Waals surface area contributed by atoms with Crippen LogP contribution in [0.1, 0.15) is 46.7 Å². The summed E-state index contributed by atoms with van der Waals surface area (Å²) in [6, 6.07) is 0. The van der Waals surface area contributed by atoms with Crippen molar-refractivity contribution in [3.8, 4) is 0 Å². The molecule has 0 N–H and O–H groups in total. The molecule has 2 aliphatic rings. The highest BCUT2D eigenvalue weighted by atomic mass is 32.1. The smallest absolute Gasteiger partial charge is 0.293 e. The maximum Gasteiger partial charge on any atom is 0.293 e. The Labute approximate surface area is 155 Å². The lowest BCUT2D eigenvalue weighted by molar-refractivity contribution is 0.0652. The summed E-state index contributed by atoms with van der Waals surface area (Å²) in [5.41, 5.74) is 2.15. The van der Waals surface area contributed by atoms with Crippen molar-refractivity contribution in [1.82, 2.24) is 29.4 Å². The second-order valence-electron chi connectivity index (χ2n) is 7.46. The van der Waals surface area contributed by atoms with Gasteiger partial charge in [-0.3, -0.25) is 4.79 Å². The number of aryl methyl sites for hydroxylation is 1. The normalized spacial score (nSPS) is 21.5. The van der Waals surface area contributed by atoms with E-state index in [2.05, 4.69) is 33.9 Å². The molecule has 136 valence electrons. The molecule has 0 bridgehead atoms. The summed E-state index contributed by atoms with van der Waals surface area (Å²) in [7, 11) is 2.08. The first-order chi connectivity index (χ1) is 12.6. The number of carbonyl (C=O) groups is 1. The lowest BCUT2D eigenvalue weighted by Crippen LogP contribution is -2.47. The minimum atomic E-state index is -0.0768. The van der Waals surface area contributed by atoms with Crippen LogP contribution in [0.4, 0.5) is 0 Å². The average molecular weight is 370 g/mol. The number of piperazine rings is 1. The predicted molar refractivity (Wildman–Crippen MR) is 101 cm³/mol. The van der Waals surface area contributed by atoms with Gasteiger partial charge in [0.2, 0.25) is 5.82 Å². The van der Waals surface area contributed by atoms with E-state index in [0.717, 1.165) is 48.5 Å². The molecular formula is C18H22N6OS. The first kappa shape index (κ1) is 16.1. The average Bonchev–Trinajstić information content (AvgIpc) is 3.23. The van der Waals surface area contributed by atoms with E-state index in [0.29, 0.717) is 5.92 Å². The Morgan fingerprint density at radius 1 is 1.27 bits per heavy atom. The molecule has 0 radical (unpaired) electrons. The number of nitrogens with zero attached hydrogens (tertiary/aromatic N) is 6. The summed E-state index contributed by atoms with van der Waals surface area (Å²) < 4.78 is 1.68. The Balaban J connectivity index is 1.60. The van der Waals surface area contributed by atoms with Gasteiger partial charge in [-0.2, -0.15) is 0 Å². The first-order valence-corrected chi connectivity index (χ1v) is 10.1. The van der Waals surface area contributed by atoms with Gasteiger partial charge in [0.1, 0.15) is 11.2 Å². The standard InChI is InChI=1S/C18H22N6OS/c1-11-4-3-5-12-13(11)14-16-20-15(21-24(16)10-19-17(14)26-12)18(25)23-8-6-22(2)7-9-23/h10-11H,3-9H2,1-2H3/t11-/m0/s1. The molecule has 7 nitrogen and oxygen atoms in total. The van der Waals surface area contributed by atoms with Gasteiger partial charge < -0.3 is 9.80 Å². The van der Waals surface area contributed by atoms with Crippen molar-refractivity contribution in [2.24, 2.45) is 0 Å². The molecule has 26 heavy (non-hydrogen) atoms. The highest BCUT2D eigenvalue weighted by Gasteiger charge is 2.28. The molecule has 8 heteroatoms. The van der Waals surface area contributed by atoms with Crippen molar-refractivity contribution < 1.29 is 4.79 Å². The molecule has 0 aromatic carbocycles. The number of thiophene rings is 1. The summed E-state index contributed by atoms with van der Waals surface area (Å²) in [5.74, 6) is 0.716. The van der Waals surface area contributed by atoms with Crippen LogP contribution in [-0.2, 0) is 6.42 Å². The van der Waals surface area contributed by atoms with Gasteiger partial charge in [-0.15, -0.1) is 16.4 Å². The van der Waals surface area contributed by atoms with Crippen molar-refractivity contribution in [2.45, 2.75) is 32.1 Å². The molecule has 0 spiro atoms. The molecule has 1 amide bonds. The summed E-state index contributed by atoms with van der Waals surface area (Å²) in [5, 5.41) is 5.55. The van der Waals surface area contributed by atoms with E-state index >= 15 is 0 Å². The second-order valence-corrected chi connectivity index (χ2v) is 8.54. The Hall–Kier alpha value is -2.06. The van der Waals surface area contributed by atoms with Crippen molar-refractivity contribution in [2.75, 3.05) is 33.2 Å². The lowest BCUT2D eigenvalue weighted by Gasteiger charge is -2.31. The molecule has 0 saturated carbocycles. The van der Waals surface area contributed by atoms with Gasteiger partial charge >= 0.3 is 0 Å². The summed E-state index contributed by atoms with van der Waals surface area (Å²) in [4.78, 5) is 28.6. The molecule has 5 rings (SSSR count). The number of rotatable bonds is 1. The van der Waals surface area contributed by atoms with Crippen LogP contribution in [0.2, 0.25) is 0 Å². The van der Waals surface area contributed by atoms with Crippen LogP contribution >= 0.6 is 11.3 Å². The zero-order valence-corrected chi connectivity index (χ0v) is 15.9. The fraction of sp³-hybridized carbons (Fsp3) is 0.556. The van der Waals surface area contributed by atoms with Crippen molar-refractivity contribution in [3.63, 3.8) is 0 Å². The van der Waals surface area contributed by atoms with Crippen LogP contribution in [-0.4, -0.2) is 68.5 Å². The lowest BCUT2D eigenvalue weighted by atomic mass is 9.87. The maximum atomic E-state index is 12.9. The third-order valence-electron chi connectivity index (χ3n) is 5.66. The number of carbonyl (C=O) groups excluding carboxylic acids is 1. The summed E-state index contributed by atoms with van der Waals surface area (Å²) in [6.45, 7) is 5.51. The maximum absolute atomic E-state index is 12.9. The van der Waals surface area contributed by atoms with Gasteiger partial charge in [-0.1, -0.05) is 6.92 Å². The van der Waals surface area contributed by atoms with Gasteiger partial charge in [0.05, 0.1) is 5.39 Å². The topological polar surface area (TPSA) is 66.6 Å². The van der Waals surface area contributed by atoms with E-state index in [9.17, 15) is 4.79 Å². The van der Waals surface area contributed by atoms with Crippen molar-refractivity contribution in [1.29, 1.82) is 0 Å². The number of hydrogen-bond donors (Lipinski definition) is 0. The number of aromatic nitrogens is 4. The molecule has 1 atom stereocenters. The zero-order valence-electron chi connectivity index (χ0n) is 15.1. The minimum absolute atomic E-state index is 0.0768. The van der Waals surface area contributed by atoms with Gasteiger partial charge in [-0.25, -0.2) is 14.5 Å². The quantitative estimate of drug-likeness (QED) is 0.657. The molecule has 1 saturated heterocycles. The van der Waals surface area contributed by atoms with Crippen LogP contribution in [0, 0.1) is 0 Å². The van der Waals surface area contributed by atoms with Gasteiger partial charge in [0, 0.05) is 31.1 Å². The Morgan fingerprint density at radius 3 is 2.88 bits per heavy atom. The van der Waals surface area contributed by atoms with Crippen LogP contribution in [0.15, 0.2) is 6.33 Å². The molecule has 3 aromatic rings. The fourth-order valence-electron chi connectivity index (χ4n) is 4.13. The molecule has 1 aliphatic heterocycles. The monoisotopic (exact) mass is 370 g/mol. The van der Waals surface area contributed by atoms with Crippen molar-refractivity contribution >= 4 is 33.1 Å². The summed E-state index contributed by atoms with van der Waals surface area (Å²) in [6.07, 6.45) is 5.24. The van der Waals surface area contributed by atoms with E-state index < -0.39 is 0 Å². The Kier molecular flexibility index (Phi) is 3.72. The molecule has 1 aliphatic carbocycles. The third-order valence-corrected chi connectivity index (χ3v) is 6.83.